The molecule has 30 heavy (non-hydrogen) atoms. The zero-order chi connectivity index (χ0) is 21.3. The first-order chi connectivity index (χ1) is 14.5. The lowest BCUT2D eigenvalue weighted by molar-refractivity contribution is -0.146. The summed E-state index contributed by atoms with van der Waals surface area (Å²) in [4.78, 5) is 37.7. The molecule has 3 aromatic carbocycles. The van der Waals surface area contributed by atoms with Gasteiger partial charge in [0.15, 0.2) is 12.4 Å². The Kier molecular flexibility index (Phi) is 7.40. The number of benzene rings is 3. The van der Waals surface area contributed by atoms with E-state index in [1.165, 1.54) is 18.7 Å². The monoisotopic (exact) mass is 419 g/mol. The Bertz CT molecular complexity index is 1020. The summed E-state index contributed by atoms with van der Waals surface area (Å²) < 4.78 is 5.31. The van der Waals surface area contributed by atoms with Crippen LogP contribution in [0.2, 0.25) is 0 Å². The molecule has 0 bridgehead atoms. The van der Waals surface area contributed by atoms with Crippen molar-refractivity contribution in [2.75, 3.05) is 11.9 Å². The van der Waals surface area contributed by atoms with Crippen LogP contribution in [0, 0.1) is 0 Å². The number of carbonyl (C=O) groups is 3. The molecule has 1 N–H and O–H groups in total. The summed E-state index contributed by atoms with van der Waals surface area (Å²) in [6.45, 7) is 0.986. The number of hydrogen-bond acceptors (Lipinski definition) is 5. The van der Waals surface area contributed by atoms with Crippen molar-refractivity contribution in [3.63, 3.8) is 0 Å². The summed E-state index contributed by atoms with van der Waals surface area (Å²) in [5, 5.41) is 2.03. The highest BCUT2D eigenvalue weighted by atomic mass is 32.2. The fourth-order valence-electron chi connectivity index (χ4n) is 2.81. The molecule has 0 spiro atoms. The summed E-state index contributed by atoms with van der Waals surface area (Å²) in [5.74, 6) is -1.18. The van der Waals surface area contributed by atoms with E-state index in [-0.39, 0.29) is 5.78 Å². The smallest absolute Gasteiger partial charge is 0.324 e. The van der Waals surface area contributed by atoms with Gasteiger partial charge in [0.1, 0.15) is 5.25 Å². The maximum Gasteiger partial charge on any atom is 0.324 e. The number of hydrogen-bond donors (Lipinski definition) is 1. The molecule has 0 saturated carbocycles. The van der Waals surface area contributed by atoms with Gasteiger partial charge in [0, 0.05) is 10.5 Å². The number of Topliss-reactive ketones (excluding diaryl/α,β-unsaturated/α-hetero) is 1. The van der Waals surface area contributed by atoms with Crippen molar-refractivity contribution in [3.05, 3.63) is 96.1 Å². The Morgan fingerprint density at radius 2 is 1.47 bits per heavy atom. The van der Waals surface area contributed by atoms with Gasteiger partial charge in [0.25, 0.3) is 5.91 Å². The van der Waals surface area contributed by atoms with Crippen molar-refractivity contribution in [1.82, 2.24) is 0 Å². The molecule has 5 nitrogen and oxygen atoms in total. The first-order valence-electron chi connectivity index (χ1n) is 9.37. The zero-order valence-electron chi connectivity index (χ0n) is 16.4. The van der Waals surface area contributed by atoms with Crippen molar-refractivity contribution in [1.29, 1.82) is 0 Å². The van der Waals surface area contributed by atoms with Crippen LogP contribution in [0.5, 0.6) is 0 Å². The third kappa shape index (κ3) is 5.81. The third-order valence-electron chi connectivity index (χ3n) is 4.24. The molecule has 3 rings (SSSR count). The molecule has 1 amide bonds. The molecule has 0 saturated heterocycles. The summed E-state index contributed by atoms with van der Waals surface area (Å²) >= 11 is 1.36. The first kappa shape index (κ1) is 21.3. The molecule has 0 aliphatic rings. The van der Waals surface area contributed by atoms with Crippen LogP contribution in [0.4, 0.5) is 5.69 Å². The molecule has 6 heteroatoms. The molecule has 152 valence electrons. The quantitative estimate of drug-likeness (QED) is 0.319. The van der Waals surface area contributed by atoms with Gasteiger partial charge in [0.05, 0.1) is 5.69 Å². The molecule has 0 heterocycles. The molecule has 0 aliphatic heterocycles. The molecule has 3 aromatic rings. The van der Waals surface area contributed by atoms with Gasteiger partial charge in [-0.05, 0) is 36.8 Å². The van der Waals surface area contributed by atoms with Gasteiger partial charge in [-0.2, -0.15) is 0 Å². The number of amides is 1. The van der Waals surface area contributed by atoms with Crippen LogP contribution in [-0.4, -0.2) is 24.3 Å². The second-order valence-corrected chi connectivity index (χ2v) is 7.66. The predicted octanol–water partition coefficient (Wildman–Crippen LogP) is 4.90. The summed E-state index contributed by atoms with van der Waals surface area (Å²) in [6.07, 6.45) is 0. The molecular formula is C24H21NO4S. The van der Waals surface area contributed by atoms with Crippen LogP contribution in [-0.2, 0) is 14.3 Å². The number of carbonyl (C=O) groups excluding carboxylic acids is 3. The van der Waals surface area contributed by atoms with E-state index in [4.69, 9.17) is 4.74 Å². The normalized spacial score (nSPS) is 11.4. The number of rotatable bonds is 8. The van der Waals surface area contributed by atoms with E-state index in [2.05, 4.69) is 5.32 Å². The molecule has 0 fully saturated rings. The summed E-state index contributed by atoms with van der Waals surface area (Å²) in [5.41, 5.74) is 1.59. The van der Waals surface area contributed by atoms with E-state index < -0.39 is 23.7 Å². The Morgan fingerprint density at radius 3 is 2.13 bits per heavy atom. The summed E-state index contributed by atoms with van der Waals surface area (Å²) in [6, 6.07) is 25.5. The molecular weight excluding hydrogens is 398 g/mol. The lowest BCUT2D eigenvalue weighted by Crippen LogP contribution is -2.23. The van der Waals surface area contributed by atoms with Gasteiger partial charge < -0.3 is 10.1 Å². The van der Waals surface area contributed by atoms with Crippen molar-refractivity contribution >= 4 is 35.1 Å². The minimum Gasteiger partial charge on any atom is -0.454 e. The molecule has 1 atom stereocenters. The number of esters is 1. The van der Waals surface area contributed by atoms with Crippen LogP contribution in [0.15, 0.2) is 89.8 Å². The zero-order valence-corrected chi connectivity index (χ0v) is 17.2. The Balaban J connectivity index is 1.67. The Morgan fingerprint density at radius 1 is 0.867 bits per heavy atom. The SMILES string of the molecule is CC(=O)c1ccccc1NC(=O)COC(=O)[C@H](Sc1ccccc1)c1ccccc1. The number of ether oxygens (including phenoxy) is 1. The van der Waals surface area contributed by atoms with Gasteiger partial charge in [-0.1, -0.05) is 60.7 Å². The highest BCUT2D eigenvalue weighted by Gasteiger charge is 2.24. The average molecular weight is 420 g/mol. The van der Waals surface area contributed by atoms with E-state index >= 15 is 0 Å². The van der Waals surface area contributed by atoms with E-state index in [0.717, 1.165) is 10.5 Å². The number of thioether (sulfide) groups is 1. The van der Waals surface area contributed by atoms with Gasteiger partial charge in [-0.3, -0.25) is 14.4 Å². The highest BCUT2D eigenvalue weighted by molar-refractivity contribution is 8.00. The highest BCUT2D eigenvalue weighted by Crippen LogP contribution is 2.36. The van der Waals surface area contributed by atoms with Crippen LogP contribution in [0.1, 0.15) is 28.1 Å². The van der Waals surface area contributed by atoms with Crippen molar-refractivity contribution in [2.45, 2.75) is 17.1 Å². The standard InChI is InChI=1S/C24H21NO4S/c1-17(26)20-14-8-9-15-21(20)25-22(27)16-29-24(28)23(18-10-4-2-5-11-18)30-19-12-6-3-7-13-19/h2-15,23H,16H2,1H3,(H,25,27)/t23-/m1/s1. The predicted molar refractivity (Wildman–Crippen MR) is 118 cm³/mol. The topological polar surface area (TPSA) is 72.5 Å². The van der Waals surface area contributed by atoms with Crippen LogP contribution in [0.3, 0.4) is 0 Å². The van der Waals surface area contributed by atoms with E-state index in [9.17, 15) is 14.4 Å². The minimum absolute atomic E-state index is 0.161. The third-order valence-corrected chi connectivity index (χ3v) is 5.48. The van der Waals surface area contributed by atoms with E-state index in [1.807, 2.05) is 60.7 Å². The van der Waals surface area contributed by atoms with Crippen molar-refractivity contribution in [3.8, 4) is 0 Å². The van der Waals surface area contributed by atoms with Gasteiger partial charge >= 0.3 is 5.97 Å². The van der Waals surface area contributed by atoms with Crippen molar-refractivity contribution in [2.24, 2.45) is 0 Å². The Hall–Kier alpha value is -3.38. The van der Waals surface area contributed by atoms with E-state index in [1.54, 1.807) is 24.3 Å². The second kappa shape index (κ2) is 10.4. The molecule has 0 unspecified atom stereocenters. The lowest BCUT2D eigenvalue weighted by atomic mass is 10.1. The first-order valence-corrected chi connectivity index (χ1v) is 10.3. The maximum atomic E-state index is 12.8. The van der Waals surface area contributed by atoms with Crippen LogP contribution < -0.4 is 5.32 Å². The van der Waals surface area contributed by atoms with Crippen molar-refractivity contribution < 1.29 is 19.1 Å². The van der Waals surface area contributed by atoms with E-state index in [0.29, 0.717) is 11.3 Å². The number of para-hydroxylation sites is 1. The lowest BCUT2D eigenvalue weighted by Gasteiger charge is -2.16. The number of nitrogens with one attached hydrogen (secondary N) is 1. The van der Waals surface area contributed by atoms with Crippen LogP contribution in [0.25, 0.3) is 0 Å². The van der Waals surface area contributed by atoms with Crippen LogP contribution >= 0.6 is 11.8 Å². The van der Waals surface area contributed by atoms with Gasteiger partial charge in [-0.15, -0.1) is 11.8 Å². The minimum atomic E-state index is -0.606. The second-order valence-electron chi connectivity index (χ2n) is 6.48. The molecule has 0 aromatic heterocycles. The summed E-state index contributed by atoms with van der Waals surface area (Å²) in [7, 11) is 0. The Labute approximate surface area is 179 Å². The number of ketones is 1. The fraction of sp³-hybridized carbons (Fsp3) is 0.125. The van der Waals surface area contributed by atoms with Gasteiger partial charge in [-0.25, -0.2) is 0 Å². The fourth-order valence-corrected chi connectivity index (χ4v) is 3.86. The van der Waals surface area contributed by atoms with Gasteiger partial charge in [0.2, 0.25) is 0 Å². The largest absolute Gasteiger partial charge is 0.454 e. The molecule has 0 aliphatic carbocycles. The molecule has 0 radical (unpaired) electrons. The number of anilines is 1. The maximum absolute atomic E-state index is 12.8. The average Bonchev–Trinajstić information content (AvgIpc) is 2.77.